The minimum absolute atomic E-state index is 0.510. The molecule has 1 aromatic heterocycles. The highest BCUT2D eigenvalue weighted by Crippen LogP contribution is 2.23. The number of nitrogens with zero attached hydrogens (tertiary/aromatic N) is 3. The summed E-state index contributed by atoms with van der Waals surface area (Å²) < 4.78 is 5.23. The molecule has 2 rings (SSSR count). The molecule has 0 amide bonds. The zero-order valence-corrected chi connectivity index (χ0v) is 10.3. The van der Waals surface area contributed by atoms with Crippen LogP contribution >= 0.6 is 0 Å². The number of rotatable bonds is 4. The fourth-order valence-corrected chi connectivity index (χ4v) is 2.40. The summed E-state index contributed by atoms with van der Waals surface area (Å²) >= 11 is 0. The molecule has 0 saturated carbocycles. The molecule has 0 bridgehead atoms. The second-order valence-electron chi connectivity index (χ2n) is 4.49. The third-order valence-corrected chi connectivity index (χ3v) is 3.22. The molecule has 5 heteroatoms. The Kier molecular flexibility index (Phi) is 4.28. The van der Waals surface area contributed by atoms with Gasteiger partial charge in [0.05, 0.1) is 12.8 Å². The Morgan fingerprint density at radius 3 is 3.24 bits per heavy atom. The van der Waals surface area contributed by atoms with Crippen molar-refractivity contribution in [2.75, 3.05) is 31.7 Å². The molecule has 5 nitrogen and oxygen atoms in total. The molecule has 1 fully saturated rings. The average Bonchev–Trinajstić information content (AvgIpc) is 2.39. The first kappa shape index (κ1) is 12.3. The second-order valence-corrected chi connectivity index (χ2v) is 4.49. The number of anilines is 1. The Balaban J connectivity index is 2.10. The summed E-state index contributed by atoms with van der Waals surface area (Å²) in [7, 11) is 1.76. The number of methoxy groups -OCH3 is 1. The van der Waals surface area contributed by atoms with Crippen molar-refractivity contribution < 1.29 is 4.74 Å². The maximum atomic E-state index is 5.73. The van der Waals surface area contributed by atoms with Crippen LogP contribution in [0.3, 0.4) is 0 Å². The Morgan fingerprint density at radius 1 is 1.59 bits per heavy atom. The first-order valence-electron chi connectivity index (χ1n) is 6.09. The molecule has 1 atom stereocenters. The number of hydrogen-bond acceptors (Lipinski definition) is 5. The summed E-state index contributed by atoms with van der Waals surface area (Å²) in [5.41, 5.74) is 6.80. The minimum atomic E-state index is 0.510. The maximum Gasteiger partial charge on any atom is 0.155 e. The van der Waals surface area contributed by atoms with Crippen molar-refractivity contribution in [1.29, 1.82) is 0 Å². The molecule has 2 N–H and O–H groups in total. The predicted molar refractivity (Wildman–Crippen MR) is 66.7 cm³/mol. The van der Waals surface area contributed by atoms with Crippen LogP contribution in [-0.4, -0.2) is 37.0 Å². The number of nitrogens with two attached hydrogens (primary N) is 1. The summed E-state index contributed by atoms with van der Waals surface area (Å²) in [6.45, 7) is 3.34. The van der Waals surface area contributed by atoms with E-state index in [0.717, 1.165) is 31.1 Å². The van der Waals surface area contributed by atoms with Gasteiger partial charge in [0, 0.05) is 32.3 Å². The minimum Gasteiger partial charge on any atom is -0.384 e. The van der Waals surface area contributed by atoms with Crippen molar-refractivity contribution >= 4 is 5.82 Å². The molecule has 1 aromatic rings. The van der Waals surface area contributed by atoms with E-state index < -0.39 is 0 Å². The Labute approximate surface area is 102 Å². The van der Waals surface area contributed by atoms with Gasteiger partial charge in [-0.3, -0.25) is 0 Å². The molecule has 0 radical (unpaired) electrons. The van der Waals surface area contributed by atoms with Gasteiger partial charge in [0.15, 0.2) is 5.82 Å². The molecule has 0 aromatic carbocycles. The molecule has 17 heavy (non-hydrogen) atoms. The van der Waals surface area contributed by atoms with Gasteiger partial charge in [0.2, 0.25) is 0 Å². The van der Waals surface area contributed by atoms with Crippen LogP contribution in [0, 0.1) is 5.92 Å². The number of piperidine rings is 1. The van der Waals surface area contributed by atoms with Gasteiger partial charge in [0.25, 0.3) is 0 Å². The Hall–Kier alpha value is -1.20. The summed E-state index contributed by atoms with van der Waals surface area (Å²) in [6, 6.07) is 1.95. The van der Waals surface area contributed by atoms with Crippen molar-refractivity contribution in [2.45, 2.75) is 19.4 Å². The molecule has 1 unspecified atom stereocenters. The molecule has 0 aliphatic carbocycles. The van der Waals surface area contributed by atoms with Crippen LogP contribution in [0.4, 0.5) is 5.82 Å². The van der Waals surface area contributed by atoms with Crippen molar-refractivity contribution in [3.05, 3.63) is 17.8 Å². The smallest absolute Gasteiger partial charge is 0.155 e. The van der Waals surface area contributed by atoms with Crippen LogP contribution in [-0.2, 0) is 11.3 Å². The highest BCUT2D eigenvalue weighted by Gasteiger charge is 2.22. The predicted octanol–water partition coefficient (Wildman–Crippen LogP) is 0.798. The first-order chi connectivity index (χ1) is 8.35. The Morgan fingerprint density at radius 2 is 2.47 bits per heavy atom. The van der Waals surface area contributed by atoms with Crippen molar-refractivity contribution in [1.82, 2.24) is 10.2 Å². The van der Waals surface area contributed by atoms with Crippen molar-refractivity contribution in [2.24, 2.45) is 11.7 Å². The summed E-state index contributed by atoms with van der Waals surface area (Å²) in [5.74, 6) is 1.53. The second kappa shape index (κ2) is 5.93. The van der Waals surface area contributed by atoms with Crippen molar-refractivity contribution in [3.63, 3.8) is 0 Å². The lowest BCUT2D eigenvalue weighted by molar-refractivity contribution is 0.143. The lowest BCUT2D eigenvalue weighted by Gasteiger charge is -2.33. The van der Waals surface area contributed by atoms with E-state index >= 15 is 0 Å². The van der Waals surface area contributed by atoms with E-state index in [9.17, 15) is 0 Å². The average molecular weight is 236 g/mol. The van der Waals surface area contributed by atoms with E-state index in [4.69, 9.17) is 10.5 Å². The van der Waals surface area contributed by atoms with Gasteiger partial charge < -0.3 is 15.4 Å². The Bertz CT molecular complexity index is 356. The SMILES string of the molecule is COCC1CCCN(c2nnccc2CN)C1. The van der Waals surface area contributed by atoms with Crippen LogP contribution in [0.1, 0.15) is 18.4 Å². The molecule has 1 aliphatic rings. The number of hydrogen-bond donors (Lipinski definition) is 1. The van der Waals surface area contributed by atoms with Crippen LogP contribution in [0.25, 0.3) is 0 Å². The topological polar surface area (TPSA) is 64.3 Å². The summed E-state index contributed by atoms with van der Waals surface area (Å²) in [5, 5.41) is 8.18. The van der Waals surface area contributed by atoms with E-state index in [2.05, 4.69) is 15.1 Å². The standard InChI is InChI=1S/C12H20N4O/c1-17-9-10-3-2-6-16(8-10)12-11(7-13)4-5-14-15-12/h4-5,10H,2-3,6-9,13H2,1H3. The zero-order valence-electron chi connectivity index (χ0n) is 10.3. The van der Waals surface area contributed by atoms with E-state index in [1.165, 1.54) is 12.8 Å². The highest BCUT2D eigenvalue weighted by atomic mass is 16.5. The number of aromatic nitrogens is 2. The fraction of sp³-hybridized carbons (Fsp3) is 0.667. The molecule has 0 spiro atoms. The van der Waals surface area contributed by atoms with Gasteiger partial charge in [-0.15, -0.1) is 5.10 Å². The van der Waals surface area contributed by atoms with Gasteiger partial charge in [-0.25, -0.2) is 0 Å². The fourth-order valence-electron chi connectivity index (χ4n) is 2.40. The summed E-state index contributed by atoms with van der Waals surface area (Å²) in [6.07, 6.45) is 4.10. The molecule has 2 heterocycles. The summed E-state index contributed by atoms with van der Waals surface area (Å²) in [4.78, 5) is 2.28. The van der Waals surface area contributed by atoms with Gasteiger partial charge in [-0.2, -0.15) is 5.10 Å². The largest absolute Gasteiger partial charge is 0.384 e. The zero-order chi connectivity index (χ0) is 12.1. The monoisotopic (exact) mass is 236 g/mol. The molecule has 94 valence electrons. The lowest BCUT2D eigenvalue weighted by Crippen LogP contribution is -2.38. The van der Waals surface area contributed by atoms with Gasteiger partial charge in [0.1, 0.15) is 0 Å². The van der Waals surface area contributed by atoms with Crippen LogP contribution in [0.5, 0.6) is 0 Å². The van der Waals surface area contributed by atoms with E-state index in [0.29, 0.717) is 12.5 Å². The molecule has 1 saturated heterocycles. The molecule has 1 aliphatic heterocycles. The normalized spacial score (nSPS) is 20.6. The van der Waals surface area contributed by atoms with E-state index in [1.54, 1.807) is 13.3 Å². The van der Waals surface area contributed by atoms with E-state index in [1.807, 2.05) is 6.07 Å². The lowest BCUT2D eigenvalue weighted by atomic mass is 9.98. The maximum absolute atomic E-state index is 5.73. The number of ether oxygens (including phenoxy) is 1. The van der Waals surface area contributed by atoms with Crippen LogP contribution < -0.4 is 10.6 Å². The van der Waals surface area contributed by atoms with Crippen LogP contribution in [0.2, 0.25) is 0 Å². The quantitative estimate of drug-likeness (QED) is 0.837. The highest BCUT2D eigenvalue weighted by molar-refractivity contribution is 5.45. The van der Waals surface area contributed by atoms with Crippen molar-refractivity contribution in [3.8, 4) is 0 Å². The first-order valence-corrected chi connectivity index (χ1v) is 6.09. The van der Waals surface area contributed by atoms with Crippen LogP contribution in [0.15, 0.2) is 12.3 Å². The van der Waals surface area contributed by atoms with Gasteiger partial charge >= 0.3 is 0 Å². The van der Waals surface area contributed by atoms with Gasteiger partial charge in [-0.1, -0.05) is 0 Å². The third kappa shape index (κ3) is 2.92. The molecular weight excluding hydrogens is 216 g/mol. The molecular formula is C12H20N4O. The van der Waals surface area contributed by atoms with Gasteiger partial charge in [-0.05, 0) is 24.8 Å². The van der Waals surface area contributed by atoms with E-state index in [-0.39, 0.29) is 0 Å². The third-order valence-electron chi connectivity index (χ3n) is 3.22.